The first-order valence-corrected chi connectivity index (χ1v) is 8.26. The summed E-state index contributed by atoms with van der Waals surface area (Å²) in [4.78, 5) is 28.7. The minimum atomic E-state index is -0.161. The smallest absolute Gasteiger partial charge is 0.252 e. The Bertz CT molecular complexity index is 702. The van der Waals surface area contributed by atoms with Gasteiger partial charge in [-0.25, -0.2) is 9.67 Å². The zero-order valence-electron chi connectivity index (χ0n) is 12.6. The lowest BCUT2D eigenvalue weighted by atomic mass is 10.1. The summed E-state index contributed by atoms with van der Waals surface area (Å²) in [7, 11) is 0. The van der Waals surface area contributed by atoms with Crippen LogP contribution in [-0.4, -0.2) is 26.5 Å². The van der Waals surface area contributed by atoms with Gasteiger partial charge >= 0.3 is 0 Å². The number of rotatable bonds is 6. The Morgan fingerprint density at radius 3 is 2.86 bits per heavy atom. The van der Waals surface area contributed by atoms with Crippen molar-refractivity contribution in [2.24, 2.45) is 5.92 Å². The molecular weight excluding hydrogens is 300 g/mol. The first-order valence-electron chi connectivity index (χ1n) is 7.38. The summed E-state index contributed by atoms with van der Waals surface area (Å²) >= 11 is 1.30. The molecule has 22 heavy (non-hydrogen) atoms. The van der Waals surface area contributed by atoms with Crippen molar-refractivity contribution in [2.75, 3.05) is 0 Å². The number of aromatic nitrogens is 3. The molecule has 0 radical (unpaired) electrons. The average Bonchev–Trinajstić information content (AvgIpc) is 3.04. The molecule has 1 N–H and O–H groups in total. The van der Waals surface area contributed by atoms with Gasteiger partial charge in [0.15, 0.2) is 5.78 Å². The highest BCUT2D eigenvalue weighted by atomic mass is 32.1. The Morgan fingerprint density at radius 1 is 1.50 bits per heavy atom. The topological polar surface area (TPSA) is 76.9 Å². The molecule has 0 aliphatic heterocycles. The van der Waals surface area contributed by atoms with Gasteiger partial charge in [-0.1, -0.05) is 0 Å². The van der Waals surface area contributed by atoms with Crippen LogP contribution in [0.4, 0.5) is 0 Å². The number of ketones is 1. The van der Waals surface area contributed by atoms with E-state index in [1.54, 1.807) is 11.4 Å². The summed E-state index contributed by atoms with van der Waals surface area (Å²) in [6, 6.07) is 1.53. The molecule has 6 nitrogen and oxygen atoms in total. The van der Waals surface area contributed by atoms with Crippen molar-refractivity contribution in [2.45, 2.75) is 39.3 Å². The van der Waals surface area contributed by atoms with Crippen LogP contribution in [0.2, 0.25) is 0 Å². The first kappa shape index (κ1) is 14.9. The van der Waals surface area contributed by atoms with E-state index in [-0.39, 0.29) is 17.7 Å². The molecule has 0 spiro atoms. The van der Waals surface area contributed by atoms with E-state index in [0.29, 0.717) is 16.4 Å². The van der Waals surface area contributed by atoms with Crippen LogP contribution in [0, 0.1) is 5.92 Å². The van der Waals surface area contributed by atoms with Crippen LogP contribution in [0.5, 0.6) is 0 Å². The van der Waals surface area contributed by atoms with Crippen molar-refractivity contribution in [1.82, 2.24) is 20.1 Å². The predicted molar refractivity (Wildman–Crippen MR) is 83.0 cm³/mol. The molecular formula is C15H18N4O2S. The van der Waals surface area contributed by atoms with Crippen LogP contribution < -0.4 is 5.32 Å². The lowest BCUT2D eigenvalue weighted by Crippen LogP contribution is -2.31. The number of Topliss-reactive ketones (excluding diaryl/α,β-unsaturated/α-hetero) is 1. The Kier molecular flexibility index (Phi) is 4.06. The maximum atomic E-state index is 12.4. The van der Waals surface area contributed by atoms with Crippen molar-refractivity contribution in [3.8, 4) is 0 Å². The molecule has 1 amide bonds. The van der Waals surface area contributed by atoms with Gasteiger partial charge in [-0.2, -0.15) is 5.10 Å². The van der Waals surface area contributed by atoms with Crippen molar-refractivity contribution in [1.29, 1.82) is 0 Å². The standard InChI is InChI=1S/C15H18N4O2S/c1-3-19-14(16-8-17-19)13(10-4-5-10)18-15(21)11-6-12(9(2)20)22-7-11/h6-8,10,13H,3-5H2,1-2H3,(H,18,21)/t13-/m1/s1. The molecule has 2 aromatic heterocycles. The Morgan fingerprint density at radius 2 is 2.27 bits per heavy atom. The number of carbonyl (C=O) groups is 2. The number of hydrogen-bond acceptors (Lipinski definition) is 5. The number of nitrogens with one attached hydrogen (secondary N) is 1. The Hall–Kier alpha value is -2.02. The maximum Gasteiger partial charge on any atom is 0.252 e. The van der Waals surface area contributed by atoms with Crippen LogP contribution in [0.1, 0.15) is 58.6 Å². The lowest BCUT2D eigenvalue weighted by Gasteiger charge is -2.17. The Balaban J connectivity index is 1.79. The molecule has 1 fully saturated rings. The van der Waals surface area contributed by atoms with Gasteiger partial charge in [0.25, 0.3) is 5.91 Å². The number of nitrogens with zero attached hydrogens (tertiary/aromatic N) is 3. The second kappa shape index (κ2) is 6.00. The van der Waals surface area contributed by atoms with E-state index in [2.05, 4.69) is 15.4 Å². The highest BCUT2D eigenvalue weighted by molar-refractivity contribution is 7.12. The summed E-state index contributed by atoms with van der Waals surface area (Å²) in [5.74, 6) is 1.05. The van der Waals surface area contributed by atoms with Crippen molar-refractivity contribution < 1.29 is 9.59 Å². The fraction of sp³-hybridized carbons (Fsp3) is 0.467. The summed E-state index contributed by atoms with van der Waals surface area (Å²) in [5, 5.41) is 8.97. The number of aryl methyl sites for hydroxylation is 1. The third-order valence-corrected chi connectivity index (χ3v) is 4.84. The van der Waals surface area contributed by atoms with E-state index < -0.39 is 0 Å². The minimum Gasteiger partial charge on any atom is -0.342 e. The molecule has 0 saturated heterocycles. The highest BCUT2D eigenvalue weighted by Gasteiger charge is 2.36. The minimum absolute atomic E-state index is 0.0199. The van der Waals surface area contributed by atoms with E-state index >= 15 is 0 Å². The van der Waals surface area contributed by atoms with E-state index in [0.717, 1.165) is 25.2 Å². The van der Waals surface area contributed by atoms with Gasteiger partial charge in [0.1, 0.15) is 12.2 Å². The summed E-state index contributed by atoms with van der Waals surface area (Å²) in [6.07, 6.45) is 3.70. The van der Waals surface area contributed by atoms with E-state index in [1.807, 2.05) is 11.6 Å². The SMILES string of the molecule is CCn1ncnc1[C@H](NC(=O)c1csc(C(C)=O)c1)C1CC1. The molecule has 3 rings (SSSR count). The van der Waals surface area contributed by atoms with Crippen molar-refractivity contribution in [3.05, 3.63) is 34.0 Å². The number of amides is 1. The Labute approximate surface area is 132 Å². The molecule has 0 bridgehead atoms. The molecule has 2 aromatic rings. The van der Waals surface area contributed by atoms with Gasteiger partial charge in [0, 0.05) is 11.9 Å². The first-order chi connectivity index (χ1) is 10.6. The second-order valence-electron chi connectivity index (χ2n) is 5.48. The van der Waals surface area contributed by atoms with E-state index in [4.69, 9.17) is 0 Å². The quantitative estimate of drug-likeness (QED) is 0.830. The van der Waals surface area contributed by atoms with Crippen molar-refractivity contribution >= 4 is 23.0 Å². The summed E-state index contributed by atoms with van der Waals surface area (Å²) in [5.41, 5.74) is 0.531. The number of thiophene rings is 1. The average molecular weight is 318 g/mol. The van der Waals surface area contributed by atoms with Crippen LogP contribution in [0.25, 0.3) is 0 Å². The van der Waals surface area contributed by atoms with E-state index in [9.17, 15) is 9.59 Å². The summed E-state index contributed by atoms with van der Waals surface area (Å²) in [6.45, 7) is 4.23. The zero-order chi connectivity index (χ0) is 15.7. The summed E-state index contributed by atoms with van der Waals surface area (Å²) < 4.78 is 1.82. The molecule has 1 atom stereocenters. The van der Waals surface area contributed by atoms with Crippen LogP contribution in [-0.2, 0) is 6.54 Å². The normalized spacial score (nSPS) is 15.5. The van der Waals surface area contributed by atoms with E-state index in [1.165, 1.54) is 24.6 Å². The van der Waals surface area contributed by atoms with Gasteiger partial charge in [-0.15, -0.1) is 11.3 Å². The predicted octanol–water partition coefficient (Wildman–Crippen LogP) is 2.44. The van der Waals surface area contributed by atoms with Crippen LogP contribution in [0.15, 0.2) is 17.8 Å². The largest absolute Gasteiger partial charge is 0.342 e. The van der Waals surface area contributed by atoms with Crippen LogP contribution in [0.3, 0.4) is 0 Å². The third-order valence-electron chi connectivity index (χ3n) is 3.81. The fourth-order valence-electron chi connectivity index (χ4n) is 2.44. The lowest BCUT2D eigenvalue weighted by molar-refractivity contribution is 0.0929. The van der Waals surface area contributed by atoms with Crippen molar-refractivity contribution in [3.63, 3.8) is 0 Å². The maximum absolute atomic E-state index is 12.4. The molecule has 1 aliphatic rings. The molecule has 1 saturated carbocycles. The molecule has 0 aromatic carbocycles. The number of hydrogen-bond donors (Lipinski definition) is 1. The fourth-order valence-corrected chi connectivity index (χ4v) is 3.23. The third kappa shape index (κ3) is 2.94. The molecule has 116 valence electrons. The van der Waals surface area contributed by atoms with Gasteiger partial charge in [-0.3, -0.25) is 9.59 Å². The molecule has 7 heteroatoms. The number of carbonyl (C=O) groups excluding carboxylic acids is 2. The zero-order valence-corrected chi connectivity index (χ0v) is 13.4. The molecule has 1 aliphatic carbocycles. The molecule has 0 unspecified atom stereocenters. The van der Waals surface area contributed by atoms with Gasteiger partial charge in [-0.05, 0) is 38.7 Å². The molecule has 2 heterocycles. The van der Waals surface area contributed by atoms with Crippen LogP contribution >= 0.6 is 11.3 Å². The van der Waals surface area contributed by atoms with Gasteiger partial charge < -0.3 is 5.32 Å². The van der Waals surface area contributed by atoms with Gasteiger partial charge in [0.05, 0.1) is 16.5 Å². The van der Waals surface area contributed by atoms with Gasteiger partial charge in [0.2, 0.25) is 0 Å². The highest BCUT2D eigenvalue weighted by Crippen LogP contribution is 2.40. The monoisotopic (exact) mass is 318 g/mol. The second-order valence-corrected chi connectivity index (χ2v) is 6.39.